The Morgan fingerprint density at radius 2 is 1.72 bits per heavy atom. The van der Waals surface area contributed by atoms with E-state index in [1.807, 2.05) is 18.2 Å². The van der Waals surface area contributed by atoms with Crippen LogP contribution in [0, 0.1) is 0 Å². The average Bonchev–Trinajstić information content (AvgIpc) is 2.58. The van der Waals surface area contributed by atoms with E-state index in [1.54, 1.807) is 51.2 Å². The lowest BCUT2D eigenvalue weighted by atomic mass is 10.1. The monoisotopic (exact) mass is 341 g/mol. The summed E-state index contributed by atoms with van der Waals surface area (Å²) in [4.78, 5) is 28.0. The number of aromatic nitrogens is 1. The number of carbonyl (C=O) groups excluding carboxylic acids is 2. The van der Waals surface area contributed by atoms with Crippen LogP contribution in [0.2, 0.25) is 0 Å². The van der Waals surface area contributed by atoms with E-state index in [0.29, 0.717) is 17.9 Å². The van der Waals surface area contributed by atoms with Gasteiger partial charge in [-0.25, -0.2) is 0 Å². The predicted molar refractivity (Wildman–Crippen MR) is 94.4 cm³/mol. The van der Waals surface area contributed by atoms with Gasteiger partial charge in [-0.1, -0.05) is 6.07 Å². The zero-order valence-corrected chi connectivity index (χ0v) is 14.8. The second-order valence-electron chi connectivity index (χ2n) is 6.64. The fourth-order valence-corrected chi connectivity index (χ4v) is 2.13. The van der Waals surface area contributed by atoms with Crippen molar-refractivity contribution in [2.24, 2.45) is 0 Å². The van der Waals surface area contributed by atoms with Crippen LogP contribution < -0.4 is 4.74 Å². The highest BCUT2D eigenvalue weighted by atomic mass is 16.6. The van der Waals surface area contributed by atoms with Crippen molar-refractivity contribution < 1.29 is 19.1 Å². The third-order valence-corrected chi connectivity index (χ3v) is 3.27. The first kappa shape index (κ1) is 18.6. The minimum absolute atomic E-state index is 0.0774. The van der Waals surface area contributed by atoms with E-state index < -0.39 is 5.60 Å². The van der Waals surface area contributed by atoms with Crippen molar-refractivity contribution in [3.05, 3.63) is 59.9 Å². The molecule has 0 saturated heterocycles. The van der Waals surface area contributed by atoms with E-state index >= 15 is 0 Å². The summed E-state index contributed by atoms with van der Waals surface area (Å²) in [6.07, 6.45) is 1.92. The maximum atomic E-state index is 12.1. The fourth-order valence-electron chi connectivity index (χ4n) is 2.13. The number of carbonyl (C=O) groups is 2. The van der Waals surface area contributed by atoms with Gasteiger partial charge in [0.1, 0.15) is 18.0 Å². The van der Waals surface area contributed by atoms with Crippen LogP contribution in [0.4, 0.5) is 0 Å². The van der Waals surface area contributed by atoms with Crippen LogP contribution in [-0.2, 0) is 16.1 Å². The molecule has 1 aromatic carbocycles. The van der Waals surface area contributed by atoms with Crippen LogP contribution >= 0.6 is 0 Å². The fraction of sp³-hybridized carbons (Fsp3) is 0.350. The average molecular weight is 341 g/mol. The highest BCUT2D eigenvalue weighted by Gasteiger charge is 2.17. The molecule has 2 aromatic rings. The van der Waals surface area contributed by atoms with Crippen LogP contribution in [0.15, 0.2) is 48.7 Å². The normalized spacial score (nSPS) is 11.0. The van der Waals surface area contributed by atoms with Crippen molar-refractivity contribution in [1.29, 1.82) is 0 Å². The first-order valence-electron chi connectivity index (χ1n) is 8.21. The second kappa shape index (κ2) is 8.42. The Bertz CT molecular complexity index is 703. The zero-order chi connectivity index (χ0) is 18.3. The molecule has 0 fully saturated rings. The molecule has 0 amide bonds. The quantitative estimate of drug-likeness (QED) is 0.563. The molecular formula is C20H23NO4. The summed E-state index contributed by atoms with van der Waals surface area (Å²) in [7, 11) is 0. The van der Waals surface area contributed by atoms with E-state index in [2.05, 4.69) is 4.98 Å². The minimum Gasteiger partial charge on any atom is -0.487 e. The number of Topliss-reactive ketones (excluding diaryl/α,β-unsaturated/α-hetero) is 1. The molecule has 5 heteroatoms. The molecule has 0 N–H and O–H groups in total. The van der Waals surface area contributed by atoms with Crippen molar-refractivity contribution >= 4 is 11.8 Å². The number of rotatable bonds is 7. The molecule has 0 aliphatic rings. The molecule has 0 spiro atoms. The molecule has 1 heterocycles. The Morgan fingerprint density at radius 3 is 2.32 bits per heavy atom. The zero-order valence-electron chi connectivity index (χ0n) is 14.8. The third-order valence-electron chi connectivity index (χ3n) is 3.27. The number of ketones is 1. The van der Waals surface area contributed by atoms with Gasteiger partial charge in [-0.3, -0.25) is 14.6 Å². The van der Waals surface area contributed by atoms with Crippen LogP contribution in [-0.4, -0.2) is 22.3 Å². The van der Waals surface area contributed by atoms with Gasteiger partial charge in [0.15, 0.2) is 5.78 Å². The van der Waals surface area contributed by atoms with Gasteiger partial charge in [0.2, 0.25) is 0 Å². The number of benzene rings is 1. The van der Waals surface area contributed by atoms with Crippen molar-refractivity contribution in [3.63, 3.8) is 0 Å². The van der Waals surface area contributed by atoms with E-state index in [1.165, 1.54) is 0 Å². The van der Waals surface area contributed by atoms with Gasteiger partial charge >= 0.3 is 5.97 Å². The largest absolute Gasteiger partial charge is 0.487 e. The smallest absolute Gasteiger partial charge is 0.306 e. The van der Waals surface area contributed by atoms with Gasteiger partial charge < -0.3 is 9.47 Å². The van der Waals surface area contributed by atoms with E-state index in [4.69, 9.17) is 9.47 Å². The number of esters is 1. The molecule has 2 rings (SSSR count). The molecule has 25 heavy (non-hydrogen) atoms. The van der Waals surface area contributed by atoms with Gasteiger partial charge in [-0.05, 0) is 57.2 Å². The molecule has 0 radical (unpaired) electrons. The van der Waals surface area contributed by atoms with Crippen LogP contribution in [0.1, 0.15) is 49.7 Å². The van der Waals surface area contributed by atoms with Gasteiger partial charge in [0.25, 0.3) is 0 Å². The summed E-state index contributed by atoms with van der Waals surface area (Å²) in [5.74, 6) is 0.202. The lowest BCUT2D eigenvalue weighted by molar-refractivity contribution is -0.154. The van der Waals surface area contributed by atoms with Crippen molar-refractivity contribution in [1.82, 2.24) is 4.98 Å². The molecule has 0 unspecified atom stereocenters. The maximum Gasteiger partial charge on any atom is 0.306 e. The molecule has 5 nitrogen and oxygen atoms in total. The van der Waals surface area contributed by atoms with Crippen LogP contribution in [0.25, 0.3) is 0 Å². The van der Waals surface area contributed by atoms with Crippen molar-refractivity contribution in [3.8, 4) is 5.75 Å². The Morgan fingerprint density at radius 1 is 1.00 bits per heavy atom. The summed E-state index contributed by atoms with van der Waals surface area (Å²) >= 11 is 0. The van der Waals surface area contributed by atoms with Crippen molar-refractivity contribution in [2.45, 2.75) is 45.8 Å². The minimum atomic E-state index is -0.535. The Labute approximate surface area is 148 Å². The Kier molecular flexibility index (Phi) is 6.28. The number of hydrogen-bond donors (Lipinski definition) is 0. The number of ether oxygens (including phenoxy) is 2. The number of pyridine rings is 1. The summed E-state index contributed by atoms with van der Waals surface area (Å²) < 4.78 is 10.8. The standard InChI is InChI=1S/C20H23NO4/c1-20(2,3)25-19(23)12-11-18(22)15-7-9-17(10-8-15)24-14-16-6-4-5-13-21-16/h4-10,13H,11-12,14H2,1-3H3. The second-order valence-corrected chi connectivity index (χ2v) is 6.64. The highest BCUT2D eigenvalue weighted by Crippen LogP contribution is 2.16. The summed E-state index contributed by atoms with van der Waals surface area (Å²) in [6.45, 7) is 5.77. The topological polar surface area (TPSA) is 65.5 Å². The molecule has 132 valence electrons. The van der Waals surface area contributed by atoms with Crippen LogP contribution in [0.3, 0.4) is 0 Å². The Balaban J connectivity index is 1.82. The number of hydrogen-bond acceptors (Lipinski definition) is 5. The SMILES string of the molecule is CC(C)(C)OC(=O)CCC(=O)c1ccc(OCc2ccccn2)cc1. The molecule has 0 saturated carbocycles. The lowest BCUT2D eigenvalue weighted by Crippen LogP contribution is -2.24. The van der Waals surface area contributed by atoms with Gasteiger partial charge in [0.05, 0.1) is 12.1 Å². The molecule has 0 atom stereocenters. The van der Waals surface area contributed by atoms with E-state index in [-0.39, 0.29) is 24.6 Å². The molecular weight excluding hydrogens is 318 g/mol. The predicted octanol–water partition coefficient (Wildman–Crippen LogP) is 3.97. The summed E-state index contributed by atoms with van der Waals surface area (Å²) in [6, 6.07) is 12.5. The molecule has 0 aliphatic carbocycles. The van der Waals surface area contributed by atoms with E-state index in [0.717, 1.165) is 5.69 Å². The number of nitrogens with zero attached hydrogens (tertiary/aromatic N) is 1. The molecule has 0 aliphatic heterocycles. The van der Waals surface area contributed by atoms with Gasteiger partial charge in [-0.2, -0.15) is 0 Å². The molecule has 1 aromatic heterocycles. The highest BCUT2D eigenvalue weighted by molar-refractivity contribution is 5.97. The van der Waals surface area contributed by atoms with E-state index in [9.17, 15) is 9.59 Å². The van der Waals surface area contributed by atoms with Gasteiger partial charge in [0, 0.05) is 18.2 Å². The van der Waals surface area contributed by atoms with Crippen molar-refractivity contribution in [2.75, 3.05) is 0 Å². The maximum absolute atomic E-state index is 12.1. The summed E-state index contributed by atoms with van der Waals surface area (Å²) in [5.41, 5.74) is 0.848. The first-order chi connectivity index (χ1) is 11.8. The first-order valence-corrected chi connectivity index (χ1v) is 8.21. The molecule has 0 bridgehead atoms. The summed E-state index contributed by atoms with van der Waals surface area (Å²) in [5, 5.41) is 0. The third kappa shape index (κ3) is 6.75. The van der Waals surface area contributed by atoms with Crippen LogP contribution in [0.5, 0.6) is 5.75 Å². The Hall–Kier alpha value is -2.69. The lowest BCUT2D eigenvalue weighted by Gasteiger charge is -2.19. The van der Waals surface area contributed by atoms with Gasteiger partial charge in [-0.15, -0.1) is 0 Å².